The van der Waals surface area contributed by atoms with Crippen LogP contribution in [0.15, 0.2) is 103 Å². The Hall–Kier alpha value is -5.02. The Morgan fingerprint density at radius 2 is 1.78 bits per heavy atom. The molecule has 3 aromatic carbocycles. The van der Waals surface area contributed by atoms with Gasteiger partial charge in [-0.25, -0.2) is 0 Å². The molecule has 0 saturated carbocycles. The quantitative estimate of drug-likeness (QED) is 0.141. The number of halogens is 3. The second-order valence-electron chi connectivity index (χ2n) is 9.24. The van der Waals surface area contributed by atoms with Crippen LogP contribution in [0.5, 0.6) is 0 Å². The van der Waals surface area contributed by atoms with Crippen LogP contribution in [-0.4, -0.2) is 15.8 Å². The molecule has 0 amide bonds. The molecule has 0 aliphatic carbocycles. The maximum absolute atomic E-state index is 13.4. The molecule has 0 saturated heterocycles. The van der Waals surface area contributed by atoms with Crippen molar-refractivity contribution in [1.29, 1.82) is 0 Å². The van der Waals surface area contributed by atoms with Crippen LogP contribution in [-0.2, 0) is 22.4 Å². The number of hydrogen-bond acceptors (Lipinski definition) is 6. The minimum Gasteiger partial charge on any atom is -0.354 e. The summed E-state index contributed by atoms with van der Waals surface area (Å²) in [5, 5.41) is 3.77. The van der Waals surface area contributed by atoms with Crippen molar-refractivity contribution in [2.45, 2.75) is 19.7 Å². The number of rotatable bonds is 9. The van der Waals surface area contributed by atoms with E-state index in [9.17, 15) is 18.0 Å². The molecule has 2 N–H and O–H groups in total. The van der Waals surface area contributed by atoms with E-state index < -0.39 is 11.7 Å². The van der Waals surface area contributed by atoms with Gasteiger partial charge in [-0.3, -0.25) is 25.1 Å². The summed E-state index contributed by atoms with van der Waals surface area (Å²) in [6.45, 7) is 1.76. The first-order valence-electron chi connectivity index (χ1n) is 12.7. The second-order valence-corrected chi connectivity index (χ2v) is 9.24. The van der Waals surface area contributed by atoms with Gasteiger partial charge in [0.15, 0.2) is 5.78 Å². The minimum atomic E-state index is -4.49. The molecule has 41 heavy (non-hydrogen) atoms. The maximum atomic E-state index is 13.4. The number of pyridine rings is 2. The first-order valence-corrected chi connectivity index (χ1v) is 12.7. The summed E-state index contributed by atoms with van der Waals surface area (Å²) >= 11 is 0. The fraction of sp³-hybridized carbons (Fsp3) is 0.0938. The van der Waals surface area contributed by atoms with Crippen LogP contribution in [0.3, 0.4) is 0 Å². The topological polar surface area (TPSA) is 76.1 Å². The van der Waals surface area contributed by atoms with Crippen LogP contribution >= 0.6 is 0 Å². The zero-order valence-corrected chi connectivity index (χ0v) is 21.9. The largest absolute Gasteiger partial charge is 0.416 e. The summed E-state index contributed by atoms with van der Waals surface area (Å²) < 4.78 is 40.2. The van der Waals surface area contributed by atoms with Gasteiger partial charge < -0.3 is 5.32 Å². The van der Waals surface area contributed by atoms with E-state index in [1.807, 2.05) is 54.6 Å². The predicted octanol–water partition coefficient (Wildman–Crippen LogP) is 8.21. The van der Waals surface area contributed by atoms with Gasteiger partial charge in [0.05, 0.1) is 34.8 Å². The molecule has 0 atom stereocenters. The van der Waals surface area contributed by atoms with E-state index in [0.29, 0.717) is 40.1 Å². The molecule has 2 heterocycles. The Bertz CT molecular complexity index is 1720. The van der Waals surface area contributed by atoms with Crippen molar-refractivity contribution >= 4 is 39.8 Å². The highest BCUT2D eigenvalue weighted by Crippen LogP contribution is 2.36. The number of anilines is 3. The Labute approximate surface area is 234 Å². The summed E-state index contributed by atoms with van der Waals surface area (Å²) in [5.74, 6) is -0.177. The fourth-order valence-corrected chi connectivity index (χ4v) is 4.24. The van der Waals surface area contributed by atoms with E-state index in [1.165, 1.54) is 19.1 Å². The van der Waals surface area contributed by atoms with Crippen molar-refractivity contribution in [2.75, 3.05) is 10.8 Å². The number of carbonyl (C=O) groups excluding carboxylic acids is 1. The van der Waals surface area contributed by atoms with Gasteiger partial charge >= 0.3 is 6.18 Å². The van der Waals surface area contributed by atoms with Gasteiger partial charge in [-0.05, 0) is 67.1 Å². The number of fused-ring (bicyclic) bond motifs is 1. The van der Waals surface area contributed by atoms with Crippen molar-refractivity contribution in [3.8, 4) is 11.3 Å². The van der Waals surface area contributed by atoms with E-state index in [4.69, 9.17) is 4.84 Å². The molecule has 5 aromatic rings. The van der Waals surface area contributed by atoms with Gasteiger partial charge in [0.25, 0.3) is 0 Å². The van der Waals surface area contributed by atoms with E-state index >= 15 is 0 Å². The van der Waals surface area contributed by atoms with E-state index in [-0.39, 0.29) is 11.5 Å². The molecule has 5 rings (SSSR count). The number of alkyl halides is 3. The van der Waals surface area contributed by atoms with Crippen LogP contribution < -0.4 is 10.8 Å². The molecule has 2 aromatic heterocycles. The first kappa shape index (κ1) is 27.5. The lowest BCUT2D eigenvalue weighted by Crippen LogP contribution is -2.05. The third-order valence-corrected chi connectivity index (χ3v) is 6.20. The minimum absolute atomic E-state index is 0.177. The number of hydrogen-bond donors (Lipinski definition) is 2. The molecule has 0 fully saturated rings. The number of carbonyl (C=O) groups is 1. The number of benzene rings is 3. The van der Waals surface area contributed by atoms with Crippen LogP contribution in [0.1, 0.15) is 23.6 Å². The average Bonchev–Trinajstić information content (AvgIpc) is 2.97. The number of ketones is 1. The van der Waals surface area contributed by atoms with Crippen molar-refractivity contribution < 1.29 is 22.8 Å². The molecule has 0 unspecified atom stereocenters. The summed E-state index contributed by atoms with van der Waals surface area (Å²) in [4.78, 5) is 26.5. The summed E-state index contributed by atoms with van der Waals surface area (Å²) in [6.07, 6.45) is 1.71. The summed E-state index contributed by atoms with van der Waals surface area (Å²) in [7, 11) is 0. The molecule has 9 heteroatoms. The highest BCUT2D eigenvalue weighted by molar-refractivity contribution is 6.01. The van der Waals surface area contributed by atoms with E-state index in [2.05, 4.69) is 20.8 Å². The van der Waals surface area contributed by atoms with Gasteiger partial charge in [-0.2, -0.15) is 13.2 Å². The lowest BCUT2D eigenvalue weighted by Gasteiger charge is -2.16. The molecule has 0 aliphatic rings. The van der Waals surface area contributed by atoms with Crippen LogP contribution in [0.25, 0.3) is 28.2 Å². The Morgan fingerprint density at radius 3 is 2.56 bits per heavy atom. The zero-order chi connectivity index (χ0) is 28.8. The van der Waals surface area contributed by atoms with Crippen LogP contribution in [0.2, 0.25) is 0 Å². The highest BCUT2D eigenvalue weighted by atomic mass is 19.4. The normalized spacial score (nSPS) is 11.6. The third kappa shape index (κ3) is 6.77. The van der Waals surface area contributed by atoms with Gasteiger partial charge in [-0.1, -0.05) is 42.5 Å². The van der Waals surface area contributed by atoms with E-state index in [0.717, 1.165) is 23.3 Å². The molecule has 0 spiro atoms. The van der Waals surface area contributed by atoms with Crippen molar-refractivity contribution in [3.05, 3.63) is 120 Å². The fourth-order valence-electron chi connectivity index (χ4n) is 4.24. The number of nitrogens with one attached hydrogen (secondary N) is 2. The van der Waals surface area contributed by atoms with Gasteiger partial charge in [0, 0.05) is 34.6 Å². The first-order chi connectivity index (χ1) is 19.8. The molecule has 206 valence electrons. The van der Waals surface area contributed by atoms with Crippen molar-refractivity contribution in [3.63, 3.8) is 0 Å². The van der Waals surface area contributed by atoms with Crippen LogP contribution in [0, 0.1) is 0 Å². The lowest BCUT2D eigenvalue weighted by molar-refractivity contribution is -0.137. The summed E-state index contributed by atoms with van der Waals surface area (Å²) in [5.41, 5.74) is 7.05. The molecular formula is C32H25F3N4O2. The monoisotopic (exact) mass is 554 g/mol. The number of allylic oxidation sites excluding steroid dienone is 1. The third-order valence-electron chi connectivity index (χ3n) is 6.20. The smallest absolute Gasteiger partial charge is 0.354 e. The Kier molecular flexibility index (Phi) is 8.07. The maximum Gasteiger partial charge on any atom is 0.416 e. The van der Waals surface area contributed by atoms with E-state index in [1.54, 1.807) is 30.6 Å². The highest BCUT2D eigenvalue weighted by Gasteiger charge is 2.30. The van der Waals surface area contributed by atoms with Gasteiger partial charge in [0.2, 0.25) is 0 Å². The lowest BCUT2D eigenvalue weighted by atomic mass is 10.0. The Morgan fingerprint density at radius 1 is 0.951 bits per heavy atom. The molecule has 6 nitrogen and oxygen atoms in total. The molecular weight excluding hydrogens is 529 g/mol. The van der Waals surface area contributed by atoms with Crippen molar-refractivity contribution in [2.24, 2.45) is 0 Å². The number of nitrogens with zero attached hydrogens (tertiary/aromatic N) is 2. The average molecular weight is 555 g/mol. The second kappa shape index (κ2) is 12.0. The molecule has 0 radical (unpaired) electrons. The number of aromatic nitrogens is 2. The van der Waals surface area contributed by atoms with Crippen LogP contribution in [0.4, 0.5) is 30.2 Å². The predicted molar refractivity (Wildman–Crippen MR) is 154 cm³/mol. The Balaban J connectivity index is 1.55. The van der Waals surface area contributed by atoms with Gasteiger partial charge in [-0.15, -0.1) is 0 Å². The van der Waals surface area contributed by atoms with Crippen molar-refractivity contribution in [1.82, 2.24) is 9.97 Å². The summed E-state index contributed by atoms with van der Waals surface area (Å²) in [6, 6.07) is 23.8. The van der Waals surface area contributed by atoms with Gasteiger partial charge in [0.1, 0.15) is 0 Å². The molecule has 0 aliphatic heterocycles. The SMILES string of the molecule is CC(=O)/C=C/c1cnc2ccc(-c3ncccc3NOCc3ccccc3)cc2c1Nc1cccc(C(F)(F)F)c1. The zero-order valence-electron chi connectivity index (χ0n) is 21.9. The standard InChI is InChI=1S/C32H25F3N4O2/c1-21(40)12-13-24-19-37-28-15-14-23(17-27(28)30(24)38-26-10-5-9-25(18-26)32(33,34)35)31-29(11-6-16-36-31)39-41-20-22-7-3-2-4-8-22/h2-19,39H,20H2,1H3,(H,37,38)/b13-12+. The molecule has 0 bridgehead atoms.